The predicted octanol–water partition coefficient (Wildman–Crippen LogP) is -0.773. The third-order valence-corrected chi connectivity index (χ3v) is 1.21. The van der Waals surface area contributed by atoms with E-state index >= 15 is 0 Å². The molecule has 0 aliphatic heterocycles. The van der Waals surface area contributed by atoms with Crippen molar-refractivity contribution in [2.24, 2.45) is 5.73 Å². The fourth-order valence-electron chi connectivity index (χ4n) is 0.0900. The smallest absolute Gasteiger partial charge is 0.233 e. The topological polar surface area (TPSA) is 63.3 Å². The van der Waals surface area contributed by atoms with E-state index in [1.165, 1.54) is 0 Å². The number of carbonyl (C=O) groups is 1. The van der Waals surface area contributed by atoms with Crippen molar-refractivity contribution in [1.29, 1.82) is 0 Å². The van der Waals surface area contributed by atoms with Gasteiger partial charge in [-0.3, -0.25) is 4.79 Å². The number of aliphatic hydroxyl groups excluding tert-OH is 1. The Bertz CT molecular complexity index is 75.3. The molecule has 1 unspecified atom stereocenters. The number of alkyl halides is 1. The zero-order valence-corrected chi connectivity index (χ0v) is 5.18. The fourth-order valence-corrected chi connectivity index (χ4v) is 0.0900. The highest BCUT2D eigenvalue weighted by molar-refractivity contribution is 9.10. The van der Waals surface area contributed by atoms with Crippen LogP contribution in [0.4, 0.5) is 0 Å². The molecule has 1 atom stereocenters. The molecule has 42 valence electrons. The minimum atomic E-state index is -0.590. The Balaban J connectivity index is 3.34. The van der Waals surface area contributed by atoms with Crippen molar-refractivity contribution in [2.75, 3.05) is 6.61 Å². The summed E-state index contributed by atoms with van der Waals surface area (Å²) >= 11 is 2.82. The molecule has 0 saturated carbocycles. The largest absolute Gasteiger partial charge is 0.395 e. The molecule has 0 heterocycles. The van der Waals surface area contributed by atoms with Crippen molar-refractivity contribution in [1.82, 2.24) is 0 Å². The van der Waals surface area contributed by atoms with Crippen LogP contribution >= 0.6 is 15.9 Å². The first-order valence-corrected chi connectivity index (χ1v) is 2.64. The number of rotatable bonds is 2. The molecule has 0 aliphatic rings. The van der Waals surface area contributed by atoms with Gasteiger partial charge in [-0.15, -0.1) is 0 Å². The number of hydrogen-bond acceptors (Lipinski definition) is 2. The molecule has 4 heteroatoms. The summed E-state index contributed by atoms with van der Waals surface area (Å²) in [5.41, 5.74) is 4.70. The SMILES string of the molecule is NC(=O)C(Br)CO. The Labute approximate surface area is 49.6 Å². The zero-order chi connectivity index (χ0) is 5.86. The summed E-state index contributed by atoms with van der Waals surface area (Å²) < 4.78 is 0. The van der Waals surface area contributed by atoms with E-state index in [1.807, 2.05) is 0 Å². The Hall–Kier alpha value is -0.0900. The van der Waals surface area contributed by atoms with Gasteiger partial charge in [0.15, 0.2) is 0 Å². The van der Waals surface area contributed by atoms with Crippen LogP contribution in [-0.2, 0) is 4.79 Å². The summed E-state index contributed by atoms with van der Waals surface area (Å²) in [6.45, 7) is -0.241. The van der Waals surface area contributed by atoms with Crippen molar-refractivity contribution >= 4 is 21.8 Å². The van der Waals surface area contributed by atoms with E-state index in [0.29, 0.717) is 0 Å². The Morgan fingerprint density at radius 3 is 2.43 bits per heavy atom. The monoisotopic (exact) mass is 167 g/mol. The van der Waals surface area contributed by atoms with Gasteiger partial charge in [-0.1, -0.05) is 15.9 Å². The fraction of sp³-hybridized carbons (Fsp3) is 0.667. The summed E-state index contributed by atoms with van der Waals surface area (Å²) in [5.74, 6) is -0.539. The van der Waals surface area contributed by atoms with Gasteiger partial charge in [0, 0.05) is 0 Å². The first-order chi connectivity index (χ1) is 3.18. The molecule has 0 radical (unpaired) electrons. The first-order valence-electron chi connectivity index (χ1n) is 1.72. The van der Waals surface area contributed by atoms with Crippen molar-refractivity contribution in [3.05, 3.63) is 0 Å². The molecular formula is C3H6BrNO2. The Kier molecular flexibility index (Phi) is 2.95. The van der Waals surface area contributed by atoms with Crippen molar-refractivity contribution < 1.29 is 9.90 Å². The molecule has 0 aromatic rings. The van der Waals surface area contributed by atoms with Gasteiger partial charge in [0.05, 0.1) is 6.61 Å². The van der Waals surface area contributed by atoms with Crippen molar-refractivity contribution in [3.63, 3.8) is 0 Å². The van der Waals surface area contributed by atoms with E-state index in [0.717, 1.165) is 0 Å². The summed E-state index contributed by atoms with van der Waals surface area (Å²) in [6.07, 6.45) is 0. The minimum Gasteiger partial charge on any atom is -0.395 e. The first kappa shape index (κ1) is 6.91. The van der Waals surface area contributed by atoms with Gasteiger partial charge in [0.1, 0.15) is 4.83 Å². The second-order valence-electron chi connectivity index (χ2n) is 1.05. The van der Waals surface area contributed by atoms with Crippen LogP contribution in [0.2, 0.25) is 0 Å². The Morgan fingerprint density at radius 2 is 2.43 bits per heavy atom. The van der Waals surface area contributed by atoms with Gasteiger partial charge in [-0.2, -0.15) is 0 Å². The van der Waals surface area contributed by atoms with Gasteiger partial charge >= 0.3 is 0 Å². The molecule has 0 aliphatic carbocycles. The molecular weight excluding hydrogens is 162 g/mol. The lowest BCUT2D eigenvalue weighted by atomic mass is 10.4. The molecule has 7 heavy (non-hydrogen) atoms. The standard InChI is InChI=1S/C3H6BrNO2/c4-2(1-6)3(5)7/h2,6H,1H2,(H2,5,7). The van der Waals surface area contributed by atoms with Gasteiger partial charge in [-0.05, 0) is 0 Å². The number of aliphatic hydroxyl groups is 1. The minimum absolute atomic E-state index is 0.241. The maximum atomic E-state index is 9.95. The highest BCUT2D eigenvalue weighted by atomic mass is 79.9. The number of nitrogens with two attached hydrogens (primary N) is 1. The normalized spacial score (nSPS) is 13.4. The van der Waals surface area contributed by atoms with Crippen molar-refractivity contribution in [2.45, 2.75) is 4.83 Å². The molecule has 3 N–H and O–H groups in total. The second kappa shape index (κ2) is 2.98. The molecule has 0 aromatic heterocycles. The third-order valence-electron chi connectivity index (χ3n) is 0.469. The molecule has 0 rings (SSSR count). The van der Waals surface area contributed by atoms with E-state index in [2.05, 4.69) is 15.9 Å². The number of primary amides is 1. The third kappa shape index (κ3) is 2.59. The lowest BCUT2D eigenvalue weighted by molar-refractivity contribution is -0.117. The maximum absolute atomic E-state index is 9.95. The van der Waals surface area contributed by atoms with E-state index in [9.17, 15) is 4.79 Å². The molecule has 0 spiro atoms. The molecule has 0 fully saturated rings. The molecule has 1 amide bonds. The summed E-state index contributed by atoms with van der Waals surface area (Å²) in [6, 6.07) is 0. The molecule has 3 nitrogen and oxygen atoms in total. The van der Waals surface area contributed by atoms with Crippen LogP contribution < -0.4 is 5.73 Å². The van der Waals surface area contributed by atoms with Gasteiger partial charge in [0.25, 0.3) is 0 Å². The lowest BCUT2D eigenvalue weighted by Gasteiger charge is -1.95. The number of carbonyl (C=O) groups excluding carboxylic acids is 1. The highest BCUT2D eigenvalue weighted by Crippen LogP contribution is 1.93. The highest BCUT2D eigenvalue weighted by Gasteiger charge is 2.06. The van der Waals surface area contributed by atoms with Crippen LogP contribution in [0.5, 0.6) is 0 Å². The van der Waals surface area contributed by atoms with Gasteiger partial charge in [0.2, 0.25) is 5.91 Å². The van der Waals surface area contributed by atoms with Crippen LogP contribution in [0.1, 0.15) is 0 Å². The second-order valence-corrected chi connectivity index (χ2v) is 2.16. The summed E-state index contributed by atoms with van der Waals surface area (Å²) in [4.78, 5) is 9.36. The molecule has 0 saturated heterocycles. The summed E-state index contributed by atoms with van der Waals surface area (Å²) in [7, 11) is 0. The average Bonchev–Trinajstić information content (AvgIpc) is 1.65. The van der Waals surface area contributed by atoms with E-state index in [4.69, 9.17) is 10.8 Å². The van der Waals surface area contributed by atoms with E-state index < -0.39 is 10.7 Å². The average molecular weight is 168 g/mol. The lowest BCUT2D eigenvalue weighted by Crippen LogP contribution is -2.25. The number of hydrogen-bond donors (Lipinski definition) is 2. The Morgan fingerprint density at radius 1 is 2.00 bits per heavy atom. The van der Waals surface area contributed by atoms with Crippen LogP contribution in [0.25, 0.3) is 0 Å². The predicted molar refractivity (Wildman–Crippen MR) is 29.0 cm³/mol. The summed E-state index contributed by atoms with van der Waals surface area (Å²) in [5, 5.41) is 8.16. The zero-order valence-electron chi connectivity index (χ0n) is 3.60. The number of amides is 1. The van der Waals surface area contributed by atoms with Gasteiger partial charge < -0.3 is 10.8 Å². The van der Waals surface area contributed by atoms with Crippen LogP contribution in [0, 0.1) is 0 Å². The van der Waals surface area contributed by atoms with E-state index in [1.54, 1.807) is 0 Å². The maximum Gasteiger partial charge on any atom is 0.233 e. The quantitative estimate of drug-likeness (QED) is 0.531. The molecule has 0 aromatic carbocycles. The van der Waals surface area contributed by atoms with E-state index in [-0.39, 0.29) is 6.61 Å². The van der Waals surface area contributed by atoms with Crippen LogP contribution in [0.15, 0.2) is 0 Å². The van der Waals surface area contributed by atoms with Crippen LogP contribution in [-0.4, -0.2) is 22.4 Å². The molecule has 0 bridgehead atoms. The number of halogens is 1. The van der Waals surface area contributed by atoms with Gasteiger partial charge in [-0.25, -0.2) is 0 Å². The van der Waals surface area contributed by atoms with Crippen molar-refractivity contribution in [3.8, 4) is 0 Å². The van der Waals surface area contributed by atoms with Crippen LogP contribution in [0.3, 0.4) is 0 Å².